The molecule has 1 N–H and O–H groups in total. The van der Waals surface area contributed by atoms with Gasteiger partial charge in [0.2, 0.25) is 5.91 Å². The first-order chi connectivity index (χ1) is 15.6. The highest BCUT2D eigenvalue weighted by molar-refractivity contribution is 5.84. The minimum atomic E-state index is -0.791. The lowest BCUT2D eigenvalue weighted by Gasteiger charge is -2.37. The molecule has 1 aliphatic carbocycles. The van der Waals surface area contributed by atoms with Gasteiger partial charge in [0.05, 0.1) is 6.61 Å². The van der Waals surface area contributed by atoms with Crippen LogP contribution >= 0.6 is 0 Å². The Labute approximate surface area is 189 Å². The Morgan fingerprint density at radius 2 is 1.88 bits per heavy atom. The van der Waals surface area contributed by atoms with Crippen molar-refractivity contribution in [2.45, 2.75) is 50.7 Å². The number of benzene rings is 1. The highest BCUT2D eigenvalue weighted by Crippen LogP contribution is 2.37. The van der Waals surface area contributed by atoms with Crippen LogP contribution < -0.4 is 10.2 Å². The lowest BCUT2D eigenvalue weighted by Crippen LogP contribution is -2.55. The van der Waals surface area contributed by atoms with Crippen molar-refractivity contribution in [1.29, 1.82) is 0 Å². The second kappa shape index (κ2) is 9.19. The normalized spacial score (nSPS) is 24.5. The van der Waals surface area contributed by atoms with Gasteiger partial charge in [-0.1, -0.05) is 31.0 Å². The third-order valence-electron chi connectivity index (χ3n) is 7.28. The van der Waals surface area contributed by atoms with Crippen LogP contribution in [-0.2, 0) is 21.7 Å². The predicted molar refractivity (Wildman–Crippen MR) is 123 cm³/mol. The number of para-hydroxylation sites is 1. The Hall–Kier alpha value is -2.45. The zero-order valence-corrected chi connectivity index (χ0v) is 19.0. The number of fused-ring (bicyclic) bond motifs is 1. The zero-order chi connectivity index (χ0) is 22.0. The number of carbonyl (C=O) groups is 1. The number of ether oxygens (including phenoxy) is 1. The van der Waals surface area contributed by atoms with Gasteiger partial charge < -0.3 is 15.0 Å². The van der Waals surface area contributed by atoms with Crippen LogP contribution in [0.1, 0.15) is 50.2 Å². The van der Waals surface area contributed by atoms with Gasteiger partial charge in [-0.15, -0.1) is 10.2 Å². The molecule has 0 radical (unpaired) electrons. The van der Waals surface area contributed by atoms with E-state index < -0.39 is 5.54 Å². The first-order valence-corrected chi connectivity index (χ1v) is 12.0. The lowest BCUT2D eigenvalue weighted by atomic mass is 9.98. The minimum Gasteiger partial charge on any atom is -0.370 e. The van der Waals surface area contributed by atoms with Crippen molar-refractivity contribution in [1.82, 2.24) is 25.0 Å². The SMILES string of the molecule is CC1(C(=O)NCCN2CCN(c3ccccc3)CC2)COCc2nnc(C3CCCC3)n21. The number of amides is 1. The van der Waals surface area contributed by atoms with Gasteiger partial charge in [-0.25, -0.2) is 0 Å². The fourth-order valence-corrected chi connectivity index (χ4v) is 5.37. The summed E-state index contributed by atoms with van der Waals surface area (Å²) in [6.07, 6.45) is 4.71. The van der Waals surface area contributed by atoms with E-state index in [9.17, 15) is 4.79 Å². The molecule has 5 rings (SSSR count). The monoisotopic (exact) mass is 438 g/mol. The Bertz CT molecular complexity index is 918. The molecular weight excluding hydrogens is 404 g/mol. The molecule has 1 amide bonds. The van der Waals surface area contributed by atoms with Crippen LogP contribution in [0.2, 0.25) is 0 Å². The van der Waals surface area contributed by atoms with Crippen molar-refractivity contribution in [3.8, 4) is 0 Å². The largest absolute Gasteiger partial charge is 0.370 e. The van der Waals surface area contributed by atoms with Crippen LogP contribution in [0.4, 0.5) is 5.69 Å². The molecule has 3 heterocycles. The van der Waals surface area contributed by atoms with E-state index >= 15 is 0 Å². The van der Waals surface area contributed by atoms with Crippen LogP contribution in [-0.4, -0.2) is 71.4 Å². The summed E-state index contributed by atoms with van der Waals surface area (Å²) >= 11 is 0. The molecule has 172 valence electrons. The van der Waals surface area contributed by atoms with Gasteiger partial charge in [0.1, 0.15) is 18.0 Å². The molecule has 2 fully saturated rings. The average Bonchev–Trinajstić information content (AvgIpc) is 3.51. The second-order valence-corrected chi connectivity index (χ2v) is 9.48. The molecule has 8 heteroatoms. The van der Waals surface area contributed by atoms with Gasteiger partial charge in [0, 0.05) is 50.9 Å². The van der Waals surface area contributed by atoms with Gasteiger partial charge >= 0.3 is 0 Å². The number of hydrogen-bond acceptors (Lipinski definition) is 6. The van der Waals surface area contributed by atoms with E-state index in [1.807, 2.05) is 6.92 Å². The van der Waals surface area contributed by atoms with Crippen molar-refractivity contribution < 1.29 is 9.53 Å². The van der Waals surface area contributed by atoms with Crippen LogP contribution in [0.5, 0.6) is 0 Å². The summed E-state index contributed by atoms with van der Waals surface area (Å²) in [5, 5.41) is 12.0. The molecule has 8 nitrogen and oxygen atoms in total. The van der Waals surface area contributed by atoms with E-state index in [0.29, 0.717) is 25.7 Å². The fraction of sp³-hybridized carbons (Fsp3) is 0.625. The van der Waals surface area contributed by atoms with E-state index in [1.54, 1.807) is 0 Å². The average molecular weight is 439 g/mol. The van der Waals surface area contributed by atoms with Crippen molar-refractivity contribution >= 4 is 11.6 Å². The Morgan fingerprint density at radius 3 is 2.62 bits per heavy atom. The van der Waals surface area contributed by atoms with Gasteiger partial charge in [0.25, 0.3) is 0 Å². The number of aromatic nitrogens is 3. The van der Waals surface area contributed by atoms with Crippen LogP contribution in [0.15, 0.2) is 30.3 Å². The molecule has 1 unspecified atom stereocenters. The van der Waals surface area contributed by atoms with Crippen molar-refractivity contribution in [2.24, 2.45) is 0 Å². The van der Waals surface area contributed by atoms with Gasteiger partial charge in [-0.3, -0.25) is 14.3 Å². The molecule has 0 bridgehead atoms. The van der Waals surface area contributed by atoms with Gasteiger partial charge in [-0.05, 0) is 31.9 Å². The van der Waals surface area contributed by atoms with Crippen molar-refractivity contribution in [3.05, 3.63) is 42.0 Å². The first-order valence-electron chi connectivity index (χ1n) is 12.0. The number of rotatable bonds is 6. The van der Waals surface area contributed by atoms with Crippen LogP contribution in [0.25, 0.3) is 0 Å². The van der Waals surface area contributed by atoms with E-state index in [0.717, 1.165) is 57.2 Å². The third kappa shape index (κ3) is 4.13. The second-order valence-electron chi connectivity index (χ2n) is 9.48. The highest BCUT2D eigenvalue weighted by Gasteiger charge is 2.43. The number of anilines is 1. The topological polar surface area (TPSA) is 75.5 Å². The smallest absolute Gasteiger partial charge is 0.248 e. The third-order valence-corrected chi connectivity index (χ3v) is 7.28. The molecule has 2 aliphatic heterocycles. The Morgan fingerprint density at radius 1 is 1.12 bits per heavy atom. The molecule has 3 aliphatic rings. The summed E-state index contributed by atoms with van der Waals surface area (Å²) in [4.78, 5) is 18.2. The lowest BCUT2D eigenvalue weighted by molar-refractivity contribution is -0.135. The quantitative estimate of drug-likeness (QED) is 0.745. The van der Waals surface area contributed by atoms with Crippen molar-refractivity contribution in [3.63, 3.8) is 0 Å². The molecule has 2 aromatic rings. The molecule has 1 saturated carbocycles. The van der Waals surface area contributed by atoms with Gasteiger partial charge in [0.15, 0.2) is 5.82 Å². The maximum Gasteiger partial charge on any atom is 0.248 e. The van der Waals surface area contributed by atoms with E-state index in [1.165, 1.54) is 18.5 Å². The van der Waals surface area contributed by atoms with E-state index in [4.69, 9.17) is 4.74 Å². The number of nitrogens with zero attached hydrogens (tertiary/aromatic N) is 5. The minimum absolute atomic E-state index is 0.000387. The summed E-state index contributed by atoms with van der Waals surface area (Å²) < 4.78 is 7.84. The molecule has 0 spiro atoms. The predicted octanol–water partition coefficient (Wildman–Crippen LogP) is 2.12. The maximum atomic E-state index is 13.3. The fourth-order valence-electron chi connectivity index (χ4n) is 5.37. The number of hydrogen-bond donors (Lipinski definition) is 1. The molecular formula is C24H34N6O2. The Kier molecular flexibility index (Phi) is 6.15. The van der Waals surface area contributed by atoms with Crippen molar-refractivity contribution in [2.75, 3.05) is 50.8 Å². The molecule has 1 aromatic carbocycles. The summed E-state index contributed by atoms with van der Waals surface area (Å²) in [6, 6.07) is 10.6. The standard InChI is InChI=1S/C24H34N6O2/c1-24(18-32-17-21-26-27-22(30(21)24)19-7-5-6-8-19)23(31)25-11-12-28-13-15-29(16-14-28)20-9-3-2-4-10-20/h2-4,9-10,19H,5-8,11-18H2,1H3,(H,25,31). The molecule has 32 heavy (non-hydrogen) atoms. The molecule has 1 saturated heterocycles. The summed E-state index contributed by atoms with van der Waals surface area (Å²) in [6.45, 7) is 8.28. The van der Waals surface area contributed by atoms with Crippen LogP contribution in [0, 0.1) is 0 Å². The van der Waals surface area contributed by atoms with E-state index in [2.05, 4.69) is 60.2 Å². The molecule has 1 atom stereocenters. The van der Waals surface area contributed by atoms with E-state index in [-0.39, 0.29) is 5.91 Å². The Balaban J connectivity index is 1.17. The summed E-state index contributed by atoms with van der Waals surface area (Å²) in [7, 11) is 0. The van der Waals surface area contributed by atoms with Gasteiger partial charge in [-0.2, -0.15) is 0 Å². The number of nitrogens with one attached hydrogen (secondary N) is 1. The first kappa shape index (κ1) is 21.4. The van der Waals surface area contributed by atoms with Crippen LogP contribution in [0.3, 0.4) is 0 Å². The summed E-state index contributed by atoms with van der Waals surface area (Å²) in [5.74, 6) is 2.14. The summed E-state index contributed by atoms with van der Waals surface area (Å²) in [5.41, 5.74) is 0.495. The highest BCUT2D eigenvalue weighted by atomic mass is 16.5. The maximum absolute atomic E-state index is 13.3. The number of carbonyl (C=O) groups excluding carboxylic acids is 1. The number of piperazine rings is 1. The molecule has 1 aromatic heterocycles. The zero-order valence-electron chi connectivity index (χ0n) is 19.0.